The highest BCUT2D eigenvalue weighted by atomic mass is 127. The molecule has 1 aliphatic heterocycles. The van der Waals surface area contributed by atoms with Crippen LogP contribution in [0.15, 0.2) is 34.2 Å². The Kier molecular flexibility index (Phi) is 10.6. The van der Waals surface area contributed by atoms with E-state index in [-0.39, 0.29) is 24.0 Å². The molecule has 0 atom stereocenters. The molecule has 2 rings (SSSR count). The van der Waals surface area contributed by atoms with Crippen molar-refractivity contribution >= 4 is 40.0 Å². The first-order chi connectivity index (χ1) is 12.4. The van der Waals surface area contributed by atoms with Crippen LogP contribution in [0.1, 0.15) is 24.8 Å². The number of aliphatic imine (C=N–C) groups is 1. The van der Waals surface area contributed by atoms with Crippen LogP contribution in [0.25, 0.3) is 0 Å². The van der Waals surface area contributed by atoms with Gasteiger partial charge in [-0.2, -0.15) is 0 Å². The Labute approximate surface area is 180 Å². The molecule has 0 aromatic heterocycles. The summed E-state index contributed by atoms with van der Waals surface area (Å²) in [6.07, 6.45) is 3.95. The molecule has 0 bridgehead atoms. The average molecular weight is 509 g/mol. The van der Waals surface area contributed by atoms with E-state index in [0.717, 1.165) is 24.6 Å². The van der Waals surface area contributed by atoms with Gasteiger partial charge in [0.15, 0.2) is 5.96 Å². The minimum Gasteiger partial charge on any atom is -0.355 e. The zero-order chi connectivity index (χ0) is 19.0. The number of sulfonamides is 1. The number of halogens is 1. The van der Waals surface area contributed by atoms with Gasteiger partial charge in [-0.1, -0.05) is 18.6 Å². The standard InChI is InChI=1S/C18H31N5O2S.HI/c1-19-18(20-11-14-23-12-5-4-6-13-23)21-15-16-7-9-17(10-8-16)26(24,25)22(2)3;/h7-10H,4-6,11-15H2,1-3H3,(H2,19,20,21);1H. The fourth-order valence-electron chi connectivity index (χ4n) is 2.91. The summed E-state index contributed by atoms with van der Waals surface area (Å²) in [5.74, 6) is 0.756. The topological polar surface area (TPSA) is 77.0 Å². The van der Waals surface area contributed by atoms with Gasteiger partial charge in [-0.3, -0.25) is 4.99 Å². The molecule has 154 valence electrons. The maximum absolute atomic E-state index is 12.1. The van der Waals surface area contributed by atoms with E-state index in [4.69, 9.17) is 0 Å². The molecular weight excluding hydrogens is 477 g/mol. The molecule has 2 N–H and O–H groups in total. The fourth-order valence-corrected chi connectivity index (χ4v) is 3.81. The summed E-state index contributed by atoms with van der Waals surface area (Å²) in [7, 11) is 1.44. The summed E-state index contributed by atoms with van der Waals surface area (Å²) in [5.41, 5.74) is 1.00. The molecule has 0 saturated carbocycles. The lowest BCUT2D eigenvalue weighted by Gasteiger charge is -2.26. The average Bonchev–Trinajstić information content (AvgIpc) is 2.65. The number of hydrogen-bond donors (Lipinski definition) is 2. The Balaban J connectivity index is 0.00000364. The quantitative estimate of drug-likeness (QED) is 0.333. The van der Waals surface area contributed by atoms with Crippen molar-refractivity contribution < 1.29 is 8.42 Å². The fraction of sp³-hybridized carbons (Fsp3) is 0.611. The summed E-state index contributed by atoms with van der Waals surface area (Å²) >= 11 is 0. The van der Waals surface area contributed by atoms with Gasteiger partial charge < -0.3 is 15.5 Å². The van der Waals surface area contributed by atoms with Crippen LogP contribution in [0.2, 0.25) is 0 Å². The van der Waals surface area contributed by atoms with Gasteiger partial charge in [0.2, 0.25) is 10.0 Å². The molecule has 1 saturated heterocycles. The third-order valence-electron chi connectivity index (χ3n) is 4.55. The third kappa shape index (κ3) is 7.55. The van der Waals surface area contributed by atoms with Crippen molar-refractivity contribution in [2.45, 2.75) is 30.7 Å². The third-order valence-corrected chi connectivity index (χ3v) is 6.38. The van der Waals surface area contributed by atoms with Crippen molar-refractivity contribution in [2.75, 3.05) is 47.3 Å². The highest BCUT2D eigenvalue weighted by Gasteiger charge is 2.16. The van der Waals surface area contributed by atoms with Gasteiger partial charge in [-0.05, 0) is 43.6 Å². The number of nitrogens with zero attached hydrogens (tertiary/aromatic N) is 3. The lowest BCUT2D eigenvalue weighted by molar-refractivity contribution is 0.232. The summed E-state index contributed by atoms with van der Waals surface area (Å²) in [4.78, 5) is 7.02. The van der Waals surface area contributed by atoms with E-state index in [1.165, 1.54) is 50.8 Å². The Morgan fingerprint density at radius 2 is 1.74 bits per heavy atom. The van der Waals surface area contributed by atoms with Crippen LogP contribution in [-0.4, -0.2) is 70.9 Å². The molecule has 1 aromatic carbocycles. The number of benzene rings is 1. The van der Waals surface area contributed by atoms with Crippen LogP contribution in [0.5, 0.6) is 0 Å². The summed E-state index contributed by atoms with van der Waals surface area (Å²) in [6.45, 7) is 4.86. The molecule has 1 fully saturated rings. The van der Waals surface area contributed by atoms with E-state index >= 15 is 0 Å². The summed E-state index contributed by atoms with van der Waals surface area (Å²) in [5, 5.41) is 6.60. The van der Waals surface area contributed by atoms with Crippen molar-refractivity contribution in [3.05, 3.63) is 29.8 Å². The smallest absolute Gasteiger partial charge is 0.242 e. The van der Waals surface area contributed by atoms with Gasteiger partial charge >= 0.3 is 0 Å². The first-order valence-corrected chi connectivity index (χ1v) is 10.6. The maximum atomic E-state index is 12.1. The Morgan fingerprint density at radius 1 is 1.11 bits per heavy atom. The van der Waals surface area contributed by atoms with Gasteiger partial charge in [0.25, 0.3) is 0 Å². The number of nitrogens with one attached hydrogen (secondary N) is 2. The van der Waals surface area contributed by atoms with Crippen molar-refractivity contribution in [3.8, 4) is 0 Å². The zero-order valence-electron chi connectivity index (χ0n) is 16.4. The molecule has 0 radical (unpaired) electrons. The SMILES string of the molecule is CN=C(NCCN1CCCCC1)NCc1ccc(S(=O)(=O)N(C)C)cc1.I. The van der Waals surface area contributed by atoms with Gasteiger partial charge in [0.05, 0.1) is 4.90 Å². The second kappa shape index (κ2) is 11.8. The van der Waals surface area contributed by atoms with Gasteiger partial charge in [-0.25, -0.2) is 12.7 Å². The number of likely N-dealkylation sites (tertiary alicyclic amines) is 1. The predicted molar refractivity (Wildman–Crippen MR) is 121 cm³/mol. The van der Waals surface area contributed by atoms with E-state index in [1.54, 1.807) is 19.2 Å². The first-order valence-electron chi connectivity index (χ1n) is 9.12. The molecule has 1 heterocycles. The molecule has 0 amide bonds. The van der Waals surface area contributed by atoms with Gasteiger partial charge in [0.1, 0.15) is 0 Å². The molecule has 0 spiro atoms. The molecule has 1 aromatic rings. The van der Waals surface area contributed by atoms with E-state index in [0.29, 0.717) is 11.4 Å². The lowest BCUT2D eigenvalue weighted by Crippen LogP contribution is -2.42. The Bertz CT molecular complexity index is 686. The van der Waals surface area contributed by atoms with Crippen LogP contribution < -0.4 is 10.6 Å². The van der Waals surface area contributed by atoms with Crippen LogP contribution in [-0.2, 0) is 16.6 Å². The van der Waals surface area contributed by atoms with Gasteiger partial charge in [-0.15, -0.1) is 24.0 Å². The molecule has 0 unspecified atom stereocenters. The first kappa shape index (κ1) is 24.1. The zero-order valence-corrected chi connectivity index (χ0v) is 19.6. The second-order valence-electron chi connectivity index (χ2n) is 6.69. The van der Waals surface area contributed by atoms with Crippen LogP contribution in [0.3, 0.4) is 0 Å². The molecular formula is C18H32IN5O2S. The van der Waals surface area contributed by atoms with E-state index in [9.17, 15) is 8.42 Å². The number of guanidine groups is 1. The number of hydrogen-bond acceptors (Lipinski definition) is 4. The van der Waals surface area contributed by atoms with E-state index in [2.05, 4.69) is 20.5 Å². The molecule has 9 heteroatoms. The van der Waals surface area contributed by atoms with Crippen molar-refractivity contribution in [3.63, 3.8) is 0 Å². The largest absolute Gasteiger partial charge is 0.355 e. The van der Waals surface area contributed by atoms with Crippen LogP contribution in [0.4, 0.5) is 0 Å². The Morgan fingerprint density at radius 3 is 2.30 bits per heavy atom. The minimum absolute atomic E-state index is 0. The molecule has 1 aliphatic rings. The summed E-state index contributed by atoms with van der Waals surface area (Å²) in [6, 6.07) is 6.92. The van der Waals surface area contributed by atoms with Crippen LogP contribution >= 0.6 is 24.0 Å². The van der Waals surface area contributed by atoms with Crippen LogP contribution in [0, 0.1) is 0 Å². The normalized spacial score (nSPS) is 16.1. The number of piperidine rings is 1. The summed E-state index contributed by atoms with van der Waals surface area (Å²) < 4.78 is 25.4. The van der Waals surface area contributed by atoms with E-state index < -0.39 is 10.0 Å². The highest BCUT2D eigenvalue weighted by Crippen LogP contribution is 2.13. The minimum atomic E-state index is -3.38. The van der Waals surface area contributed by atoms with Crippen molar-refractivity contribution in [1.29, 1.82) is 0 Å². The highest BCUT2D eigenvalue weighted by molar-refractivity contribution is 14.0. The Hall–Kier alpha value is -0.910. The van der Waals surface area contributed by atoms with E-state index in [1.807, 2.05) is 12.1 Å². The predicted octanol–water partition coefficient (Wildman–Crippen LogP) is 1.71. The van der Waals surface area contributed by atoms with Gasteiger partial charge in [0, 0.05) is 40.8 Å². The number of rotatable bonds is 7. The monoisotopic (exact) mass is 509 g/mol. The van der Waals surface area contributed by atoms with Crippen molar-refractivity contribution in [1.82, 2.24) is 19.8 Å². The van der Waals surface area contributed by atoms with Crippen molar-refractivity contribution in [2.24, 2.45) is 4.99 Å². The molecule has 27 heavy (non-hydrogen) atoms. The molecule has 7 nitrogen and oxygen atoms in total. The maximum Gasteiger partial charge on any atom is 0.242 e. The second-order valence-corrected chi connectivity index (χ2v) is 8.84. The molecule has 0 aliphatic carbocycles. The lowest BCUT2D eigenvalue weighted by atomic mass is 10.1.